The van der Waals surface area contributed by atoms with Gasteiger partial charge in [0.1, 0.15) is 11.7 Å². The van der Waals surface area contributed by atoms with Crippen LogP contribution < -0.4 is 15.4 Å². The minimum absolute atomic E-state index is 0.234. The fraction of sp³-hybridized carbons (Fsp3) is 0.300. The lowest BCUT2D eigenvalue weighted by molar-refractivity contribution is -0.137. The number of hydrogen-bond acceptors (Lipinski definition) is 3. The zero-order valence-electron chi connectivity index (χ0n) is 15.1. The number of nitrogens with one attached hydrogen (secondary N) is 2. The van der Waals surface area contributed by atoms with E-state index in [1.54, 1.807) is 12.1 Å². The largest absolute Gasteiger partial charge is 0.463 e. The van der Waals surface area contributed by atoms with E-state index >= 15 is 0 Å². The molecule has 1 fully saturated rings. The number of piperidine rings is 1. The summed E-state index contributed by atoms with van der Waals surface area (Å²) in [5.74, 6) is -3.03. The highest BCUT2D eigenvalue weighted by molar-refractivity contribution is 6.08. The molecule has 2 atom stereocenters. The SMILES string of the molecule is O=C1NCCC(c2cccc(OCF)c2)C1C(=O)Nc1ccccc1C(F)(F)F. The second kappa shape index (κ2) is 8.50. The van der Waals surface area contributed by atoms with Crippen LogP contribution >= 0.6 is 0 Å². The van der Waals surface area contributed by atoms with Crippen molar-refractivity contribution < 1.29 is 31.9 Å². The van der Waals surface area contributed by atoms with E-state index < -0.39 is 47.9 Å². The Hall–Kier alpha value is -3.10. The number of ether oxygens (including phenoxy) is 1. The number of carbonyl (C=O) groups is 2. The number of carbonyl (C=O) groups excluding carboxylic acids is 2. The van der Waals surface area contributed by atoms with Gasteiger partial charge in [0.05, 0.1) is 11.3 Å². The number of amides is 2. The zero-order chi connectivity index (χ0) is 21.0. The van der Waals surface area contributed by atoms with Crippen molar-refractivity contribution in [2.24, 2.45) is 5.92 Å². The first-order valence-electron chi connectivity index (χ1n) is 8.85. The molecule has 0 aliphatic carbocycles. The molecule has 2 aromatic rings. The van der Waals surface area contributed by atoms with Crippen LogP contribution in [0.2, 0.25) is 0 Å². The maximum Gasteiger partial charge on any atom is 0.418 e. The number of alkyl halides is 4. The lowest BCUT2D eigenvalue weighted by Gasteiger charge is -2.31. The number of para-hydroxylation sites is 1. The van der Waals surface area contributed by atoms with Crippen LogP contribution in [-0.4, -0.2) is 25.2 Å². The Kier molecular flexibility index (Phi) is 6.05. The van der Waals surface area contributed by atoms with Gasteiger partial charge in [-0.1, -0.05) is 24.3 Å². The van der Waals surface area contributed by atoms with Crippen molar-refractivity contribution >= 4 is 17.5 Å². The number of halogens is 4. The second-order valence-electron chi connectivity index (χ2n) is 6.52. The maximum atomic E-state index is 13.2. The highest BCUT2D eigenvalue weighted by atomic mass is 19.4. The van der Waals surface area contributed by atoms with Gasteiger partial charge in [0.2, 0.25) is 18.7 Å². The lowest BCUT2D eigenvalue weighted by atomic mass is 9.80. The summed E-state index contributed by atoms with van der Waals surface area (Å²) in [5.41, 5.74) is -0.855. The summed E-state index contributed by atoms with van der Waals surface area (Å²) in [6.07, 6.45) is -4.26. The van der Waals surface area contributed by atoms with Crippen LogP contribution in [0, 0.1) is 5.92 Å². The Morgan fingerprint density at radius 1 is 1.17 bits per heavy atom. The molecule has 5 nitrogen and oxygen atoms in total. The smallest absolute Gasteiger partial charge is 0.418 e. The molecular weight excluding hydrogens is 392 g/mol. The molecule has 1 heterocycles. The monoisotopic (exact) mass is 410 g/mol. The Bertz CT molecular complexity index is 901. The fourth-order valence-electron chi connectivity index (χ4n) is 3.42. The van der Waals surface area contributed by atoms with Gasteiger partial charge in [-0.3, -0.25) is 9.59 Å². The molecule has 2 N–H and O–H groups in total. The Balaban J connectivity index is 1.89. The molecule has 0 saturated carbocycles. The van der Waals surface area contributed by atoms with Crippen LogP contribution in [0.1, 0.15) is 23.5 Å². The summed E-state index contributed by atoms with van der Waals surface area (Å²) in [6, 6.07) is 10.9. The summed E-state index contributed by atoms with van der Waals surface area (Å²) in [7, 11) is 0. The molecule has 2 aromatic carbocycles. The van der Waals surface area contributed by atoms with Crippen molar-refractivity contribution in [3.05, 3.63) is 59.7 Å². The molecule has 9 heteroatoms. The molecule has 2 unspecified atom stereocenters. The van der Waals surface area contributed by atoms with Gasteiger partial charge in [-0.05, 0) is 36.2 Å². The van der Waals surface area contributed by atoms with E-state index in [0.717, 1.165) is 12.1 Å². The summed E-state index contributed by atoms with van der Waals surface area (Å²) >= 11 is 0. The van der Waals surface area contributed by atoms with Crippen LogP contribution in [0.25, 0.3) is 0 Å². The summed E-state index contributed by atoms with van der Waals surface area (Å²) in [5, 5.41) is 4.82. The first kappa shape index (κ1) is 20.6. The minimum atomic E-state index is -4.66. The predicted octanol–water partition coefficient (Wildman–Crippen LogP) is 3.87. The third kappa shape index (κ3) is 4.67. The van der Waals surface area contributed by atoms with Crippen LogP contribution in [0.5, 0.6) is 5.75 Å². The molecule has 3 rings (SSSR count). The Morgan fingerprint density at radius 3 is 2.66 bits per heavy atom. The van der Waals surface area contributed by atoms with E-state index in [-0.39, 0.29) is 5.75 Å². The molecule has 1 aliphatic heterocycles. The van der Waals surface area contributed by atoms with Crippen molar-refractivity contribution in [2.45, 2.75) is 18.5 Å². The Morgan fingerprint density at radius 2 is 1.93 bits per heavy atom. The van der Waals surface area contributed by atoms with Crippen molar-refractivity contribution in [3.8, 4) is 5.75 Å². The molecule has 1 saturated heterocycles. The third-order valence-electron chi connectivity index (χ3n) is 4.72. The van der Waals surface area contributed by atoms with Gasteiger partial charge < -0.3 is 15.4 Å². The van der Waals surface area contributed by atoms with Crippen LogP contribution in [0.15, 0.2) is 48.5 Å². The molecular formula is C20H18F4N2O3. The average Bonchev–Trinajstić information content (AvgIpc) is 2.68. The van der Waals surface area contributed by atoms with Gasteiger partial charge >= 0.3 is 6.18 Å². The van der Waals surface area contributed by atoms with Gasteiger partial charge in [0.15, 0.2) is 0 Å². The number of hydrogen-bond donors (Lipinski definition) is 2. The van der Waals surface area contributed by atoms with Gasteiger partial charge in [-0.25, -0.2) is 4.39 Å². The topological polar surface area (TPSA) is 67.4 Å². The lowest BCUT2D eigenvalue weighted by Crippen LogP contribution is -2.46. The first-order valence-corrected chi connectivity index (χ1v) is 8.85. The molecule has 0 spiro atoms. The highest BCUT2D eigenvalue weighted by Gasteiger charge is 2.40. The summed E-state index contributed by atoms with van der Waals surface area (Å²) in [4.78, 5) is 25.2. The van der Waals surface area contributed by atoms with E-state index in [1.807, 2.05) is 0 Å². The molecule has 29 heavy (non-hydrogen) atoms. The standard InChI is InChI=1S/C20H18F4N2O3/c21-11-29-13-5-3-4-12(10-13)14-8-9-25-18(27)17(14)19(28)26-16-7-2-1-6-15(16)20(22,23)24/h1-7,10,14,17H,8-9,11H2,(H,25,27)(H,26,28). The van der Waals surface area contributed by atoms with Gasteiger partial charge in [0, 0.05) is 12.5 Å². The number of anilines is 1. The number of benzene rings is 2. The van der Waals surface area contributed by atoms with Gasteiger partial charge in [-0.2, -0.15) is 13.2 Å². The van der Waals surface area contributed by atoms with Crippen molar-refractivity contribution in [2.75, 3.05) is 18.7 Å². The van der Waals surface area contributed by atoms with Crippen LogP contribution in [-0.2, 0) is 15.8 Å². The third-order valence-corrected chi connectivity index (χ3v) is 4.72. The van der Waals surface area contributed by atoms with E-state index in [0.29, 0.717) is 18.5 Å². The molecule has 154 valence electrons. The van der Waals surface area contributed by atoms with E-state index in [1.165, 1.54) is 24.3 Å². The average molecular weight is 410 g/mol. The summed E-state index contributed by atoms with van der Waals surface area (Å²) < 4.78 is 56.9. The fourth-order valence-corrected chi connectivity index (χ4v) is 3.42. The first-order chi connectivity index (χ1) is 13.8. The minimum Gasteiger partial charge on any atom is -0.463 e. The molecule has 0 aromatic heterocycles. The summed E-state index contributed by atoms with van der Waals surface area (Å²) in [6.45, 7) is -0.729. The number of rotatable bonds is 5. The van der Waals surface area contributed by atoms with Crippen LogP contribution in [0.3, 0.4) is 0 Å². The predicted molar refractivity (Wildman–Crippen MR) is 97.0 cm³/mol. The molecule has 1 aliphatic rings. The van der Waals surface area contributed by atoms with E-state index in [2.05, 4.69) is 10.6 Å². The van der Waals surface area contributed by atoms with Gasteiger partial charge in [-0.15, -0.1) is 0 Å². The Labute approximate surface area is 164 Å². The van der Waals surface area contributed by atoms with Crippen LogP contribution in [0.4, 0.5) is 23.2 Å². The van der Waals surface area contributed by atoms with Crippen molar-refractivity contribution in [1.82, 2.24) is 5.32 Å². The van der Waals surface area contributed by atoms with Crippen molar-refractivity contribution in [1.29, 1.82) is 0 Å². The quantitative estimate of drug-likeness (QED) is 0.581. The maximum absolute atomic E-state index is 13.2. The molecule has 0 radical (unpaired) electrons. The van der Waals surface area contributed by atoms with E-state index in [9.17, 15) is 27.2 Å². The normalized spacial score (nSPS) is 19.4. The molecule has 0 bridgehead atoms. The second-order valence-corrected chi connectivity index (χ2v) is 6.52. The zero-order valence-corrected chi connectivity index (χ0v) is 15.1. The highest BCUT2D eigenvalue weighted by Crippen LogP contribution is 2.37. The van der Waals surface area contributed by atoms with Crippen molar-refractivity contribution in [3.63, 3.8) is 0 Å². The van der Waals surface area contributed by atoms with Gasteiger partial charge in [0.25, 0.3) is 0 Å². The van der Waals surface area contributed by atoms with E-state index in [4.69, 9.17) is 4.74 Å². The molecule has 2 amide bonds.